The highest BCUT2D eigenvalue weighted by atomic mass is 14.4. The lowest BCUT2D eigenvalue weighted by Gasteiger charge is -2.38. The summed E-state index contributed by atoms with van der Waals surface area (Å²) in [5.74, 6) is 4.59. The van der Waals surface area contributed by atoms with Crippen molar-refractivity contribution in [3.63, 3.8) is 0 Å². The summed E-state index contributed by atoms with van der Waals surface area (Å²) in [6, 6.07) is 0. The van der Waals surface area contributed by atoms with E-state index in [4.69, 9.17) is 0 Å². The van der Waals surface area contributed by atoms with Crippen molar-refractivity contribution in [3.05, 3.63) is 0 Å². The third-order valence-electron chi connectivity index (χ3n) is 5.26. The predicted molar refractivity (Wildman–Crippen MR) is 80.3 cm³/mol. The fourth-order valence-electron chi connectivity index (χ4n) is 3.78. The Morgan fingerprint density at radius 1 is 0.471 bits per heavy atom. The molecule has 4 unspecified atom stereocenters. The lowest BCUT2D eigenvalue weighted by atomic mass is 9.67. The molecule has 0 saturated carbocycles. The predicted octanol–water partition coefficient (Wildman–Crippen LogP) is 6.16. The number of hydrogen-bond acceptors (Lipinski definition) is 0. The van der Waals surface area contributed by atoms with Gasteiger partial charge in [0, 0.05) is 0 Å². The van der Waals surface area contributed by atoms with E-state index in [1.807, 2.05) is 0 Å². The van der Waals surface area contributed by atoms with Crippen LogP contribution >= 0.6 is 0 Å². The first-order valence-corrected chi connectivity index (χ1v) is 8.06. The number of rotatable bonds is 9. The van der Waals surface area contributed by atoms with Gasteiger partial charge in [0.1, 0.15) is 0 Å². The maximum absolute atomic E-state index is 2.46. The summed E-state index contributed by atoms with van der Waals surface area (Å²) in [5.41, 5.74) is 0. The Balaban J connectivity index is 4.85. The normalized spacial score (nSPS) is 20.6. The van der Waals surface area contributed by atoms with Crippen molar-refractivity contribution < 1.29 is 0 Å². The lowest BCUT2D eigenvalue weighted by molar-refractivity contribution is 0.112. The Hall–Kier alpha value is 0. The molecule has 104 valence electrons. The fraction of sp³-hybridized carbons (Fsp3) is 1.00. The molecule has 4 atom stereocenters. The zero-order valence-corrected chi connectivity index (χ0v) is 13.4. The molecule has 0 aromatic carbocycles. The largest absolute Gasteiger partial charge is 0.0651 e. The molecule has 0 aliphatic carbocycles. The molecule has 0 bridgehead atoms. The second-order valence-electron chi connectivity index (χ2n) is 5.99. The Morgan fingerprint density at radius 3 is 0.941 bits per heavy atom. The lowest BCUT2D eigenvalue weighted by Crippen LogP contribution is -2.30. The summed E-state index contributed by atoms with van der Waals surface area (Å²) in [6.45, 7) is 16.8. The van der Waals surface area contributed by atoms with Crippen LogP contribution < -0.4 is 0 Å². The van der Waals surface area contributed by atoms with E-state index in [9.17, 15) is 0 Å². The molecule has 0 N–H and O–H groups in total. The summed E-state index contributed by atoms with van der Waals surface area (Å²) in [4.78, 5) is 0. The van der Waals surface area contributed by atoms with E-state index in [0.717, 1.165) is 29.6 Å². The van der Waals surface area contributed by atoms with Crippen LogP contribution in [0.25, 0.3) is 0 Å². The van der Waals surface area contributed by atoms with E-state index < -0.39 is 0 Å². The van der Waals surface area contributed by atoms with Crippen molar-refractivity contribution in [2.45, 2.75) is 80.6 Å². The Morgan fingerprint density at radius 2 is 0.765 bits per heavy atom. The topological polar surface area (TPSA) is 0 Å². The van der Waals surface area contributed by atoms with E-state index in [1.165, 1.54) is 32.1 Å². The van der Waals surface area contributed by atoms with Gasteiger partial charge in [-0.3, -0.25) is 0 Å². The highest BCUT2D eigenvalue weighted by Crippen LogP contribution is 2.39. The molecule has 0 amide bonds. The van der Waals surface area contributed by atoms with Gasteiger partial charge in [-0.05, 0) is 29.6 Å². The summed E-state index contributed by atoms with van der Waals surface area (Å²) < 4.78 is 0. The van der Waals surface area contributed by atoms with Crippen molar-refractivity contribution in [3.8, 4) is 0 Å². The van der Waals surface area contributed by atoms with Gasteiger partial charge in [0.2, 0.25) is 0 Å². The van der Waals surface area contributed by atoms with Crippen LogP contribution in [0.15, 0.2) is 0 Å². The average molecular weight is 240 g/mol. The van der Waals surface area contributed by atoms with Crippen LogP contribution in [0.4, 0.5) is 0 Å². The van der Waals surface area contributed by atoms with Gasteiger partial charge in [0.25, 0.3) is 0 Å². The molecule has 0 rings (SSSR count). The molecule has 17 heavy (non-hydrogen) atoms. The summed E-state index contributed by atoms with van der Waals surface area (Å²) in [5, 5.41) is 0. The van der Waals surface area contributed by atoms with Gasteiger partial charge < -0.3 is 0 Å². The molecule has 0 spiro atoms. The Kier molecular flexibility index (Phi) is 9.00. The molecule has 0 radical (unpaired) electrons. The van der Waals surface area contributed by atoms with E-state index >= 15 is 0 Å². The smallest absolute Gasteiger partial charge is 0.0355 e. The molecular formula is C17H36. The minimum Gasteiger partial charge on any atom is -0.0651 e. The highest BCUT2D eigenvalue weighted by Gasteiger charge is 2.31. The van der Waals surface area contributed by atoms with E-state index in [-0.39, 0.29) is 0 Å². The summed E-state index contributed by atoms with van der Waals surface area (Å²) >= 11 is 0. The molecule has 0 fully saturated rings. The van der Waals surface area contributed by atoms with Gasteiger partial charge >= 0.3 is 0 Å². The van der Waals surface area contributed by atoms with E-state index in [0.29, 0.717) is 0 Å². The molecule has 0 heteroatoms. The van der Waals surface area contributed by atoms with Crippen LogP contribution in [0.1, 0.15) is 80.6 Å². The molecule has 0 nitrogen and oxygen atoms in total. The zero-order chi connectivity index (χ0) is 13.4. The van der Waals surface area contributed by atoms with Crippen LogP contribution in [-0.2, 0) is 0 Å². The Labute approximate surface area is 111 Å². The highest BCUT2D eigenvalue weighted by molar-refractivity contribution is 4.80. The standard InChI is InChI=1S/C17H36/c1-8-13(6)15(10-3)17(12-5)16(11-4)14(7)9-2/h13-17H,8-12H2,1-7H3. The van der Waals surface area contributed by atoms with Crippen molar-refractivity contribution in [1.29, 1.82) is 0 Å². The maximum atomic E-state index is 2.46. The van der Waals surface area contributed by atoms with Crippen LogP contribution in [0.2, 0.25) is 0 Å². The Bertz CT molecular complexity index is 155. The zero-order valence-electron chi connectivity index (χ0n) is 13.4. The molecule has 0 aliphatic heterocycles. The van der Waals surface area contributed by atoms with Crippen LogP contribution in [0.3, 0.4) is 0 Å². The van der Waals surface area contributed by atoms with Crippen LogP contribution in [-0.4, -0.2) is 0 Å². The second kappa shape index (κ2) is 9.00. The van der Waals surface area contributed by atoms with Gasteiger partial charge in [-0.15, -0.1) is 0 Å². The minimum absolute atomic E-state index is 0.892. The minimum atomic E-state index is 0.892. The van der Waals surface area contributed by atoms with E-state index in [1.54, 1.807) is 0 Å². The van der Waals surface area contributed by atoms with Crippen molar-refractivity contribution in [2.75, 3.05) is 0 Å². The maximum Gasteiger partial charge on any atom is -0.0355 e. The SMILES string of the molecule is CCC(C)C(CC)C(CC)C(CC)C(C)CC. The van der Waals surface area contributed by atoms with Crippen molar-refractivity contribution in [1.82, 2.24) is 0 Å². The summed E-state index contributed by atoms with van der Waals surface area (Å²) in [7, 11) is 0. The van der Waals surface area contributed by atoms with Gasteiger partial charge in [0.15, 0.2) is 0 Å². The van der Waals surface area contributed by atoms with Gasteiger partial charge in [0.05, 0.1) is 0 Å². The third kappa shape index (κ3) is 4.64. The fourth-order valence-corrected chi connectivity index (χ4v) is 3.78. The molecule has 0 aromatic rings. The van der Waals surface area contributed by atoms with Crippen molar-refractivity contribution in [2.24, 2.45) is 29.6 Å². The molecule has 0 heterocycles. The average Bonchev–Trinajstić information content (AvgIpc) is 2.37. The van der Waals surface area contributed by atoms with E-state index in [2.05, 4.69) is 48.5 Å². The molecule has 0 aliphatic rings. The quantitative estimate of drug-likeness (QED) is 0.453. The molecule has 0 aromatic heterocycles. The van der Waals surface area contributed by atoms with Crippen LogP contribution in [0, 0.1) is 29.6 Å². The van der Waals surface area contributed by atoms with Gasteiger partial charge in [-0.2, -0.15) is 0 Å². The first-order chi connectivity index (χ1) is 8.06. The van der Waals surface area contributed by atoms with Crippen molar-refractivity contribution >= 4 is 0 Å². The van der Waals surface area contributed by atoms with Crippen LogP contribution in [0.5, 0.6) is 0 Å². The first-order valence-electron chi connectivity index (χ1n) is 8.06. The number of hydrogen-bond donors (Lipinski definition) is 0. The van der Waals surface area contributed by atoms with Gasteiger partial charge in [-0.1, -0.05) is 80.6 Å². The monoisotopic (exact) mass is 240 g/mol. The first kappa shape index (κ1) is 17.0. The second-order valence-corrected chi connectivity index (χ2v) is 5.99. The summed E-state index contributed by atoms with van der Waals surface area (Å²) in [6.07, 6.45) is 6.77. The van der Waals surface area contributed by atoms with Gasteiger partial charge in [-0.25, -0.2) is 0 Å². The third-order valence-corrected chi connectivity index (χ3v) is 5.26. The molecule has 0 saturated heterocycles. The molecular weight excluding hydrogens is 204 g/mol.